The van der Waals surface area contributed by atoms with Crippen molar-refractivity contribution >= 4 is 64.0 Å². The number of amides is 3. The summed E-state index contributed by atoms with van der Waals surface area (Å²) in [6.07, 6.45) is 4.34. The van der Waals surface area contributed by atoms with Crippen LogP contribution in [0.2, 0.25) is 5.02 Å². The monoisotopic (exact) mass is 634 g/mol. The van der Waals surface area contributed by atoms with E-state index in [9.17, 15) is 14.4 Å². The predicted octanol–water partition coefficient (Wildman–Crippen LogP) is 5.03. The average molecular weight is 636 g/mol. The highest BCUT2D eigenvalue weighted by atomic mass is 35.5. The number of nitrogens with zero attached hydrogens (tertiary/aromatic N) is 3. The first-order valence-electron chi connectivity index (χ1n) is 14.6. The number of hydrogen-bond donors (Lipinski definition) is 3. The van der Waals surface area contributed by atoms with E-state index in [0.29, 0.717) is 35.0 Å². The Kier molecular flexibility index (Phi) is 10.9. The topological polar surface area (TPSA) is 110 Å². The molecule has 0 spiro atoms. The summed E-state index contributed by atoms with van der Waals surface area (Å²) in [5, 5.41) is 8.21. The molecule has 1 aliphatic heterocycles. The van der Waals surface area contributed by atoms with Crippen LogP contribution in [0, 0.1) is 5.92 Å². The molecule has 1 aliphatic carbocycles. The molecule has 0 unspecified atom stereocenters. The molecular weight excluding hydrogens is 595 g/mol. The average Bonchev–Trinajstić information content (AvgIpc) is 3.57. The molecule has 5 rings (SSSR count). The number of thiazole rings is 1. The molecule has 3 amide bonds. The van der Waals surface area contributed by atoms with E-state index in [-0.39, 0.29) is 42.1 Å². The van der Waals surface area contributed by atoms with Gasteiger partial charge in [-0.1, -0.05) is 25.4 Å². The fourth-order valence-corrected chi connectivity index (χ4v) is 7.25. The quantitative estimate of drug-likeness (QED) is 0.306. The van der Waals surface area contributed by atoms with Gasteiger partial charge in [0.2, 0.25) is 5.91 Å². The van der Waals surface area contributed by atoms with Crippen LogP contribution in [0.15, 0.2) is 24.3 Å². The highest BCUT2D eigenvalue weighted by Gasteiger charge is 2.38. The van der Waals surface area contributed by atoms with Crippen LogP contribution in [0.3, 0.4) is 0 Å². The number of fused-ring (bicyclic) bond motifs is 2. The number of nitrogens with one attached hydrogen (secondary N) is 3. The van der Waals surface area contributed by atoms with Crippen LogP contribution in [0.4, 0.5) is 0 Å². The van der Waals surface area contributed by atoms with Crippen molar-refractivity contribution in [2.24, 2.45) is 5.92 Å². The second kappa shape index (κ2) is 14.2. The molecule has 42 heavy (non-hydrogen) atoms. The van der Waals surface area contributed by atoms with Crippen molar-refractivity contribution in [3.8, 4) is 0 Å². The molecule has 3 heterocycles. The molecule has 9 nitrogen and oxygen atoms in total. The van der Waals surface area contributed by atoms with Gasteiger partial charge in [0, 0.05) is 65.4 Å². The lowest BCUT2D eigenvalue weighted by Gasteiger charge is -2.38. The molecule has 1 aromatic carbocycles. The number of benzene rings is 1. The summed E-state index contributed by atoms with van der Waals surface area (Å²) in [5.74, 6) is -0.570. The van der Waals surface area contributed by atoms with Crippen LogP contribution in [0.5, 0.6) is 0 Å². The molecule has 3 N–H and O–H groups in total. The molecule has 12 heteroatoms. The number of H-pyrrole nitrogens is 1. The maximum absolute atomic E-state index is 13.5. The van der Waals surface area contributed by atoms with Crippen molar-refractivity contribution < 1.29 is 14.4 Å². The third kappa shape index (κ3) is 7.27. The standard InChI is InChI=1S/C30H39ClN6O3S.ClH/c1-4-11-37(12-5-2)30(40)18-6-8-22(33-27(38)25-16-19-14-20(31)7-9-21(19)32-25)24(15-18)34-28(39)29-35-23-10-13-36(3)17-26(23)41-29;/h7,9,14,16,18,22,24,32H,4-6,8,10-13,15,17H2,1-3H3,(H,33,38)(H,34,39);1H/t18-,22-,24+;/m0./s1. The molecule has 1 saturated carbocycles. The van der Waals surface area contributed by atoms with Crippen molar-refractivity contribution in [2.75, 3.05) is 26.7 Å². The minimum atomic E-state index is -0.401. The molecule has 2 aromatic heterocycles. The second-order valence-corrected chi connectivity index (χ2v) is 12.8. The van der Waals surface area contributed by atoms with Crippen LogP contribution in [-0.2, 0) is 17.8 Å². The number of aromatic nitrogens is 2. The van der Waals surface area contributed by atoms with Gasteiger partial charge in [0.25, 0.3) is 11.8 Å². The van der Waals surface area contributed by atoms with E-state index in [0.717, 1.165) is 66.9 Å². The van der Waals surface area contributed by atoms with Crippen LogP contribution in [0.1, 0.15) is 76.8 Å². The van der Waals surface area contributed by atoms with Crippen LogP contribution in [-0.4, -0.2) is 76.3 Å². The van der Waals surface area contributed by atoms with E-state index in [1.807, 2.05) is 17.0 Å². The summed E-state index contributed by atoms with van der Waals surface area (Å²) in [6, 6.07) is 6.50. The van der Waals surface area contributed by atoms with E-state index >= 15 is 0 Å². The lowest BCUT2D eigenvalue weighted by Crippen LogP contribution is -2.56. The minimum absolute atomic E-state index is 0. The van der Waals surface area contributed by atoms with Gasteiger partial charge in [0.1, 0.15) is 5.69 Å². The van der Waals surface area contributed by atoms with Gasteiger partial charge in [-0.2, -0.15) is 0 Å². The van der Waals surface area contributed by atoms with Crippen LogP contribution < -0.4 is 10.6 Å². The van der Waals surface area contributed by atoms with E-state index < -0.39 is 6.04 Å². The summed E-state index contributed by atoms with van der Waals surface area (Å²) in [5.41, 5.74) is 2.25. The summed E-state index contributed by atoms with van der Waals surface area (Å²) >= 11 is 7.56. The smallest absolute Gasteiger partial charge is 0.280 e. The number of hydrogen-bond acceptors (Lipinski definition) is 6. The Morgan fingerprint density at radius 2 is 1.83 bits per heavy atom. The maximum atomic E-state index is 13.5. The maximum Gasteiger partial charge on any atom is 0.280 e. The summed E-state index contributed by atoms with van der Waals surface area (Å²) in [6.45, 7) is 7.32. The summed E-state index contributed by atoms with van der Waals surface area (Å²) < 4.78 is 0. The molecule has 1 fully saturated rings. The Bertz CT molecular complexity index is 1420. The van der Waals surface area contributed by atoms with Crippen molar-refractivity contribution in [1.29, 1.82) is 0 Å². The molecule has 2 aliphatic rings. The Hall–Kier alpha value is -2.66. The number of carbonyl (C=O) groups is 3. The minimum Gasteiger partial charge on any atom is -0.351 e. The fraction of sp³-hybridized carbons (Fsp3) is 0.533. The normalized spacial score (nSPS) is 20.4. The molecular formula is C30H40Cl2N6O3S. The Labute approximate surface area is 262 Å². The number of rotatable bonds is 9. The first-order valence-corrected chi connectivity index (χ1v) is 15.8. The number of aromatic amines is 1. The lowest BCUT2D eigenvalue weighted by molar-refractivity contribution is -0.137. The van der Waals surface area contributed by atoms with Gasteiger partial charge in [-0.15, -0.1) is 23.7 Å². The van der Waals surface area contributed by atoms with Gasteiger partial charge in [-0.25, -0.2) is 4.98 Å². The van der Waals surface area contributed by atoms with Gasteiger partial charge >= 0.3 is 0 Å². The first-order chi connectivity index (χ1) is 19.7. The number of halogens is 2. The van der Waals surface area contributed by atoms with Crippen molar-refractivity contribution in [3.63, 3.8) is 0 Å². The number of carbonyl (C=O) groups excluding carboxylic acids is 3. The largest absolute Gasteiger partial charge is 0.351 e. The molecule has 0 saturated heterocycles. The first kappa shape index (κ1) is 32.3. The highest BCUT2D eigenvalue weighted by molar-refractivity contribution is 7.13. The molecule has 0 bridgehead atoms. The van der Waals surface area contributed by atoms with E-state index in [1.165, 1.54) is 11.3 Å². The Balaban J connectivity index is 0.00000405. The third-order valence-electron chi connectivity index (χ3n) is 8.07. The van der Waals surface area contributed by atoms with Crippen LogP contribution in [0.25, 0.3) is 10.9 Å². The van der Waals surface area contributed by atoms with Crippen molar-refractivity contribution in [1.82, 2.24) is 30.4 Å². The zero-order valence-electron chi connectivity index (χ0n) is 24.4. The Morgan fingerprint density at radius 3 is 2.57 bits per heavy atom. The van der Waals surface area contributed by atoms with E-state index in [2.05, 4.69) is 46.4 Å². The summed E-state index contributed by atoms with van der Waals surface area (Å²) in [4.78, 5) is 53.4. The van der Waals surface area contributed by atoms with Gasteiger partial charge < -0.3 is 25.4 Å². The second-order valence-electron chi connectivity index (χ2n) is 11.3. The lowest BCUT2D eigenvalue weighted by atomic mass is 9.81. The van der Waals surface area contributed by atoms with E-state index in [4.69, 9.17) is 11.6 Å². The van der Waals surface area contributed by atoms with Crippen molar-refractivity contribution in [2.45, 2.75) is 71.0 Å². The van der Waals surface area contributed by atoms with Crippen molar-refractivity contribution in [3.05, 3.63) is 50.6 Å². The van der Waals surface area contributed by atoms with Gasteiger partial charge in [0.05, 0.1) is 11.7 Å². The molecule has 0 radical (unpaired) electrons. The fourth-order valence-electron chi connectivity index (χ4n) is 5.98. The zero-order valence-corrected chi connectivity index (χ0v) is 26.8. The zero-order chi connectivity index (χ0) is 29.1. The van der Waals surface area contributed by atoms with Gasteiger partial charge in [-0.3, -0.25) is 14.4 Å². The van der Waals surface area contributed by atoms with Crippen LogP contribution >= 0.6 is 35.3 Å². The van der Waals surface area contributed by atoms with Gasteiger partial charge in [-0.05, 0) is 63.4 Å². The predicted molar refractivity (Wildman–Crippen MR) is 170 cm³/mol. The number of likely N-dealkylation sites (N-methyl/N-ethyl adjacent to an activating group) is 1. The molecule has 228 valence electrons. The molecule has 3 atom stereocenters. The highest BCUT2D eigenvalue weighted by Crippen LogP contribution is 2.29. The van der Waals surface area contributed by atoms with E-state index in [1.54, 1.807) is 12.1 Å². The summed E-state index contributed by atoms with van der Waals surface area (Å²) in [7, 11) is 2.07. The SMILES string of the molecule is CCCN(CCC)C(=O)[C@H]1CC[C@H](NC(=O)c2cc3cc(Cl)ccc3[nH]2)[C@H](NC(=O)c2nc3c(s2)CN(C)CC3)C1.Cl. The third-order valence-corrected chi connectivity index (χ3v) is 9.39. The Morgan fingerprint density at radius 1 is 1.10 bits per heavy atom. The molecule has 3 aromatic rings. The van der Waals surface area contributed by atoms with Gasteiger partial charge in [0.15, 0.2) is 5.01 Å².